The summed E-state index contributed by atoms with van der Waals surface area (Å²) in [6.45, 7) is 1.58. The van der Waals surface area contributed by atoms with Crippen molar-refractivity contribution in [3.8, 4) is 0 Å². The van der Waals surface area contributed by atoms with E-state index in [4.69, 9.17) is 4.74 Å². The minimum Gasteiger partial charge on any atom is -0.396 e. The summed E-state index contributed by atoms with van der Waals surface area (Å²) < 4.78 is 6.28. The first-order chi connectivity index (χ1) is 7.26. The van der Waals surface area contributed by atoms with Crippen LogP contribution in [0.25, 0.3) is 0 Å². The van der Waals surface area contributed by atoms with Crippen molar-refractivity contribution in [1.29, 1.82) is 0 Å². The fraction of sp³-hybridized carbons (Fsp3) is 0.455. The molecule has 1 aromatic carbocycles. The molecule has 0 saturated carbocycles. The summed E-state index contributed by atoms with van der Waals surface area (Å²) in [5.41, 5.74) is -0.0139. The monoisotopic (exact) mass is 288 g/mol. The van der Waals surface area contributed by atoms with Gasteiger partial charge in [0.05, 0.1) is 19.8 Å². The van der Waals surface area contributed by atoms with Crippen LogP contribution in [-0.2, 0) is 4.74 Å². The van der Waals surface area contributed by atoms with Gasteiger partial charge in [0.1, 0.15) is 0 Å². The number of hydrogen-bond donors (Lipinski definition) is 1. The van der Waals surface area contributed by atoms with Gasteiger partial charge in [-0.05, 0) is 28.1 Å². The minimum atomic E-state index is -0.0139. The molecule has 82 valence electrons. The van der Waals surface area contributed by atoms with E-state index >= 15 is 0 Å². The fourth-order valence-electron chi connectivity index (χ4n) is 1.40. The van der Waals surface area contributed by atoms with Crippen molar-refractivity contribution < 1.29 is 9.84 Å². The molecule has 2 rings (SSSR count). The standard InChI is InChI=1S/C11H13BrO2S/c12-9-3-1-2-4-10(9)15-8-11(5-13)6-14-7-11/h1-4,13H,5-8H2. The Labute approximate surface area is 102 Å². The van der Waals surface area contributed by atoms with Gasteiger partial charge in [-0.1, -0.05) is 12.1 Å². The van der Waals surface area contributed by atoms with Gasteiger partial charge in [0, 0.05) is 20.5 Å². The molecule has 0 atom stereocenters. The molecule has 0 unspecified atom stereocenters. The van der Waals surface area contributed by atoms with Gasteiger partial charge in [-0.2, -0.15) is 0 Å². The van der Waals surface area contributed by atoms with E-state index in [1.165, 1.54) is 4.90 Å². The summed E-state index contributed by atoms with van der Waals surface area (Å²) >= 11 is 5.28. The zero-order valence-electron chi connectivity index (χ0n) is 8.28. The van der Waals surface area contributed by atoms with E-state index in [0.29, 0.717) is 13.2 Å². The Morgan fingerprint density at radius 2 is 2.13 bits per heavy atom. The molecule has 1 fully saturated rings. The number of halogens is 1. The third-order valence-corrected chi connectivity index (χ3v) is 4.90. The SMILES string of the molecule is OCC1(CSc2ccccc2Br)COC1. The van der Waals surface area contributed by atoms with Gasteiger partial charge in [0.2, 0.25) is 0 Å². The summed E-state index contributed by atoms with van der Waals surface area (Å²) in [6.07, 6.45) is 0. The van der Waals surface area contributed by atoms with E-state index in [1.807, 2.05) is 18.2 Å². The lowest BCUT2D eigenvalue weighted by molar-refractivity contribution is -0.121. The predicted octanol–water partition coefficient (Wildman–Crippen LogP) is 2.55. The number of aliphatic hydroxyl groups excluding tert-OH is 1. The molecule has 1 heterocycles. The van der Waals surface area contributed by atoms with Crippen LogP contribution in [0.2, 0.25) is 0 Å². The molecule has 0 aliphatic carbocycles. The third-order valence-electron chi connectivity index (χ3n) is 2.52. The zero-order valence-corrected chi connectivity index (χ0v) is 10.7. The Bertz CT molecular complexity index is 334. The molecule has 0 amide bonds. The first kappa shape index (κ1) is 11.5. The molecule has 15 heavy (non-hydrogen) atoms. The predicted molar refractivity (Wildman–Crippen MR) is 65.2 cm³/mol. The number of aliphatic hydroxyl groups is 1. The van der Waals surface area contributed by atoms with Crippen molar-refractivity contribution >= 4 is 27.7 Å². The van der Waals surface area contributed by atoms with Gasteiger partial charge in [-0.15, -0.1) is 11.8 Å². The van der Waals surface area contributed by atoms with Crippen molar-refractivity contribution in [3.05, 3.63) is 28.7 Å². The lowest BCUT2D eigenvalue weighted by atomic mass is 9.90. The van der Waals surface area contributed by atoms with Crippen LogP contribution in [-0.4, -0.2) is 30.7 Å². The largest absolute Gasteiger partial charge is 0.396 e. The molecule has 0 radical (unpaired) electrons. The summed E-state index contributed by atoms with van der Waals surface area (Å²) in [4.78, 5) is 1.22. The van der Waals surface area contributed by atoms with Crippen LogP contribution in [0, 0.1) is 5.41 Å². The molecule has 4 heteroatoms. The van der Waals surface area contributed by atoms with E-state index in [1.54, 1.807) is 11.8 Å². The van der Waals surface area contributed by atoms with Crippen LogP contribution in [0.5, 0.6) is 0 Å². The van der Waals surface area contributed by atoms with Gasteiger partial charge >= 0.3 is 0 Å². The van der Waals surface area contributed by atoms with Crippen molar-refractivity contribution in [3.63, 3.8) is 0 Å². The second kappa shape index (κ2) is 4.87. The third kappa shape index (κ3) is 2.56. The molecule has 1 saturated heterocycles. The maximum atomic E-state index is 9.28. The van der Waals surface area contributed by atoms with Crippen molar-refractivity contribution in [1.82, 2.24) is 0 Å². The van der Waals surface area contributed by atoms with Crippen LogP contribution < -0.4 is 0 Å². The lowest BCUT2D eigenvalue weighted by Gasteiger charge is -2.39. The van der Waals surface area contributed by atoms with Crippen LogP contribution in [0.3, 0.4) is 0 Å². The highest BCUT2D eigenvalue weighted by molar-refractivity contribution is 9.10. The molecule has 0 bridgehead atoms. The molecule has 0 spiro atoms. The molecule has 1 aliphatic heterocycles. The van der Waals surface area contributed by atoms with E-state index in [2.05, 4.69) is 22.0 Å². The van der Waals surface area contributed by atoms with Crippen molar-refractivity contribution in [2.75, 3.05) is 25.6 Å². The number of rotatable bonds is 4. The summed E-state index contributed by atoms with van der Waals surface area (Å²) in [5.74, 6) is 0.909. The topological polar surface area (TPSA) is 29.5 Å². The smallest absolute Gasteiger partial charge is 0.0575 e. The average molecular weight is 289 g/mol. The normalized spacial score (nSPS) is 18.5. The van der Waals surface area contributed by atoms with E-state index < -0.39 is 0 Å². The highest BCUT2D eigenvalue weighted by Gasteiger charge is 2.38. The molecular formula is C11H13BrO2S. The maximum absolute atomic E-state index is 9.28. The minimum absolute atomic E-state index is 0.0139. The van der Waals surface area contributed by atoms with Gasteiger partial charge in [0.25, 0.3) is 0 Å². The van der Waals surface area contributed by atoms with Gasteiger partial charge < -0.3 is 9.84 Å². The number of ether oxygens (including phenoxy) is 1. The van der Waals surface area contributed by atoms with Crippen LogP contribution >= 0.6 is 27.7 Å². The number of hydrogen-bond acceptors (Lipinski definition) is 3. The Morgan fingerprint density at radius 3 is 2.67 bits per heavy atom. The Morgan fingerprint density at radius 1 is 1.40 bits per heavy atom. The van der Waals surface area contributed by atoms with Gasteiger partial charge in [0.15, 0.2) is 0 Å². The van der Waals surface area contributed by atoms with Crippen LogP contribution in [0.4, 0.5) is 0 Å². The van der Waals surface area contributed by atoms with E-state index in [-0.39, 0.29) is 12.0 Å². The quantitative estimate of drug-likeness (QED) is 0.864. The zero-order chi connectivity index (χ0) is 10.7. The first-order valence-electron chi connectivity index (χ1n) is 4.82. The highest BCUT2D eigenvalue weighted by atomic mass is 79.9. The Balaban J connectivity index is 1.95. The Hall–Kier alpha value is -0.0300. The fourth-order valence-corrected chi connectivity index (χ4v) is 3.13. The second-order valence-corrected chi connectivity index (χ2v) is 5.74. The summed E-state index contributed by atoms with van der Waals surface area (Å²) in [7, 11) is 0. The average Bonchev–Trinajstić information content (AvgIpc) is 2.19. The van der Waals surface area contributed by atoms with Gasteiger partial charge in [-0.3, -0.25) is 0 Å². The van der Waals surface area contributed by atoms with E-state index in [9.17, 15) is 5.11 Å². The second-order valence-electron chi connectivity index (χ2n) is 3.87. The van der Waals surface area contributed by atoms with Gasteiger partial charge in [-0.25, -0.2) is 0 Å². The number of benzene rings is 1. The molecule has 1 aromatic rings. The molecule has 1 aliphatic rings. The first-order valence-corrected chi connectivity index (χ1v) is 6.60. The highest BCUT2D eigenvalue weighted by Crippen LogP contribution is 2.36. The van der Waals surface area contributed by atoms with Crippen LogP contribution in [0.1, 0.15) is 0 Å². The molecule has 2 nitrogen and oxygen atoms in total. The number of thioether (sulfide) groups is 1. The maximum Gasteiger partial charge on any atom is 0.0575 e. The van der Waals surface area contributed by atoms with Crippen molar-refractivity contribution in [2.45, 2.75) is 4.90 Å². The van der Waals surface area contributed by atoms with Crippen LogP contribution in [0.15, 0.2) is 33.6 Å². The summed E-state index contributed by atoms with van der Waals surface area (Å²) in [6, 6.07) is 8.14. The summed E-state index contributed by atoms with van der Waals surface area (Å²) in [5, 5.41) is 9.28. The van der Waals surface area contributed by atoms with Crippen molar-refractivity contribution in [2.24, 2.45) is 5.41 Å². The molecule has 0 aromatic heterocycles. The Kier molecular flexibility index (Phi) is 3.72. The van der Waals surface area contributed by atoms with E-state index in [0.717, 1.165) is 10.2 Å². The molecule has 1 N–H and O–H groups in total. The molecular weight excluding hydrogens is 276 g/mol. The lowest BCUT2D eigenvalue weighted by Crippen LogP contribution is -2.47.